The molecule has 0 unspecified atom stereocenters. The van der Waals surface area contributed by atoms with E-state index in [1.165, 1.54) is 10.2 Å². The summed E-state index contributed by atoms with van der Waals surface area (Å²) in [5.41, 5.74) is 2.68. The predicted molar refractivity (Wildman–Crippen MR) is 125 cm³/mol. The number of ether oxygens (including phenoxy) is 2. The topological polar surface area (TPSA) is 83.3 Å². The molecule has 2 aromatic heterocycles. The molecule has 7 nitrogen and oxygen atoms in total. The first-order valence-electron chi connectivity index (χ1n) is 10.4. The summed E-state index contributed by atoms with van der Waals surface area (Å²) in [5.74, 6) is 1.46. The lowest BCUT2D eigenvalue weighted by atomic mass is 10.1. The zero-order valence-electron chi connectivity index (χ0n) is 18.6. The van der Waals surface area contributed by atoms with Gasteiger partial charge in [-0.2, -0.15) is 0 Å². The van der Waals surface area contributed by atoms with Gasteiger partial charge in [0.05, 0.1) is 31.0 Å². The molecular formula is C24H27N3O4S. The molecule has 0 bridgehead atoms. The van der Waals surface area contributed by atoms with E-state index in [0.717, 1.165) is 29.2 Å². The van der Waals surface area contributed by atoms with Gasteiger partial charge < -0.3 is 9.47 Å². The SMILES string of the molecule is CC.COc1cc(CCc2cnc3c(ccn3S(=O)(=O)c3ccccc3)n2)cc(OC)c1. The van der Waals surface area contributed by atoms with Crippen LogP contribution in [-0.2, 0) is 22.9 Å². The van der Waals surface area contributed by atoms with Crippen molar-refractivity contribution in [2.45, 2.75) is 31.6 Å². The molecule has 0 atom stereocenters. The number of benzene rings is 2. The zero-order valence-corrected chi connectivity index (χ0v) is 19.5. The van der Waals surface area contributed by atoms with Gasteiger partial charge in [0.2, 0.25) is 0 Å². The van der Waals surface area contributed by atoms with Crippen LogP contribution in [0.15, 0.2) is 71.9 Å². The summed E-state index contributed by atoms with van der Waals surface area (Å²) in [4.78, 5) is 9.19. The third-order valence-electron chi connectivity index (χ3n) is 4.79. The Morgan fingerprint density at radius 2 is 1.56 bits per heavy atom. The van der Waals surface area contributed by atoms with Gasteiger partial charge in [-0.3, -0.25) is 0 Å². The van der Waals surface area contributed by atoms with Crippen molar-refractivity contribution < 1.29 is 17.9 Å². The number of aromatic nitrogens is 3. The van der Waals surface area contributed by atoms with Gasteiger partial charge in [0.1, 0.15) is 17.0 Å². The highest BCUT2D eigenvalue weighted by Gasteiger charge is 2.20. The summed E-state index contributed by atoms with van der Waals surface area (Å²) >= 11 is 0. The van der Waals surface area contributed by atoms with Gasteiger partial charge >= 0.3 is 0 Å². The molecule has 4 rings (SSSR count). The average Bonchev–Trinajstić information content (AvgIpc) is 3.28. The van der Waals surface area contributed by atoms with Crippen LogP contribution in [0.4, 0.5) is 0 Å². The Kier molecular flexibility index (Phi) is 7.48. The Bertz CT molecular complexity index is 1260. The van der Waals surface area contributed by atoms with Crippen molar-refractivity contribution in [3.8, 4) is 11.5 Å². The first-order valence-corrected chi connectivity index (χ1v) is 11.8. The van der Waals surface area contributed by atoms with Crippen molar-refractivity contribution in [2.24, 2.45) is 0 Å². The van der Waals surface area contributed by atoms with E-state index in [4.69, 9.17) is 9.47 Å². The highest BCUT2D eigenvalue weighted by Crippen LogP contribution is 2.24. The van der Waals surface area contributed by atoms with Gasteiger partial charge in [0.25, 0.3) is 10.0 Å². The molecule has 0 aliphatic rings. The molecule has 32 heavy (non-hydrogen) atoms. The van der Waals surface area contributed by atoms with E-state index in [1.807, 2.05) is 32.0 Å². The van der Waals surface area contributed by atoms with Crippen molar-refractivity contribution in [3.63, 3.8) is 0 Å². The van der Waals surface area contributed by atoms with Crippen LogP contribution in [0, 0.1) is 0 Å². The predicted octanol–water partition coefficient (Wildman–Crippen LogP) is 4.50. The molecule has 0 N–H and O–H groups in total. The highest BCUT2D eigenvalue weighted by molar-refractivity contribution is 7.90. The fraction of sp³-hybridized carbons (Fsp3) is 0.250. The molecule has 0 aliphatic heterocycles. The van der Waals surface area contributed by atoms with E-state index < -0.39 is 10.0 Å². The van der Waals surface area contributed by atoms with Crippen LogP contribution < -0.4 is 9.47 Å². The zero-order chi connectivity index (χ0) is 23.1. The Morgan fingerprint density at radius 3 is 2.19 bits per heavy atom. The smallest absolute Gasteiger partial charge is 0.269 e. The molecule has 0 amide bonds. The highest BCUT2D eigenvalue weighted by atomic mass is 32.2. The van der Waals surface area contributed by atoms with Gasteiger partial charge in [-0.05, 0) is 48.7 Å². The van der Waals surface area contributed by atoms with E-state index in [0.29, 0.717) is 17.6 Å². The Morgan fingerprint density at radius 1 is 0.906 bits per heavy atom. The molecule has 4 aromatic rings. The van der Waals surface area contributed by atoms with Gasteiger partial charge in [0.15, 0.2) is 5.65 Å². The van der Waals surface area contributed by atoms with E-state index in [2.05, 4.69) is 9.97 Å². The first-order chi connectivity index (χ1) is 15.5. The number of hydrogen-bond acceptors (Lipinski definition) is 6. The fourth-order valence-corrected chi connectivity index (χ4v) is 4.55. The van der Waals surface area contributed by atoms with Crippen LogP contribution in [0.25, 0.3) is 11.2 Å². The number of nitrogens with zero attached hydrogens (tertiary/aromatic N) is 3. The van der Waals surface area contributed by atoms with Crippen LogP contribution in [-0.4, -0.2) is 36.6 Å². The van der Waals surface area contributed by atoms with Gasteiger partial charge in [-0.1, -0.05) is 32.0 Å². The van der Waals surface area contributed by atoms with Crippen LogP contribution in [0.5, 0.6) is 11.5 Å². The maximum atomic E-state index is 12.9. The van der Waals surface area contributed by atoms with Crippen LogP contribution in [0.2, 0.25) is 0 Å². The lowest BCUT2D eigenvalue weighted by Gasteiger charge is -2.09. The summed E-state index contributed by atoms with van der Waals surface area (Å²) in [6.45, 7) is 4.00. The molecule has 8 heteroatoms. The Labute approximate surface area is 188 Å². The molecule has 0 radical (unpaired) electrons. The van der Waals surface area contributed by atoms with Crippen molar-refractivity contribution in [1.29, 1.82) is 0 Å². The minimum atomic E-state index is -3.72. The minimum absolute atomic E-state index is 0.209. The van der Waals surface area contributed by atoms with E-state index >= 15 is 0 Å². The summed E-state index contributed by atoms with van der Waals surface area (Å²) < 4.78 is 37.6. The second-order valence-electron chi connectivity index (χ2n) is 6.72. The summed E-state index contributed by atoms with van der Waals surface area (Å²) in [7, 11) is -0.485. The molecule has 0 fully saturated rings. The molecule has 0 spiro atoms. The minimum Gasteiger partial charge on any atom is -0.497 e. The van der Waals surface area contributed by atoms with Gasteiger partial charge in [-0.25, -0.2) is 22.4 Å². The summed E-state index contributed by atoms with van der Waals surface area (Å²) in [6.07, 6.45) is 4.48. The number of rotatable bonds is 7. The number of methoxy groups -OCH3 is 2. The number of aryl methyl sites for hydroxylation is 2. The molecule has 0 saturated heterocycles. The van der Waals surface area contributed by atoms with Crippen molar-refractivity contribution in [2.75, 3.05) is 14.2 Å². The maximum Gasteiger partial charge on any atom is 0.269 e. The van der Waals surface area contributed by atoms with Crippen molar-refractivity contribution in [1.82, 2.24) is 13.9 Å². The molecule has 2 heterocycles. The Balaban J connectivity index is 0.00000141. The normalized spacial score (nSPS) is 11.0. The summed E-state index contributed by atoms with van der Waals surface area (Å²) in [5, 5.41) is 0. The molecule has 168 valence electrons. The number of hydrogen-bond donors (Lipinski definition) is 0. The summed E-state index contributed by atoms with van der Waals surface area (Å²) in [6, 6.07) is 15.7. The quantitative estimate of drug-likeness (QED) is 0.410. The molecule has 0 saturated carbocycles. The lowest BCUT2D eigenvalue weighted by molar-refractivity contribution is 0.393. The van der Waals surface area contributed by atoms with Crippen molar-refractivity contribution in [3.05, 3.63) is 78.2 Å². The van der Waals surface area contributed by atoms with Crippen LogP contribution in [0.1, 0.15) is 25.1 Å². The largest absolute Gasteiger partial charge is 0.497 e. The van der Waals surface area contributed by atoms with E-state index in [1.54, 1.807) is 56.8 Å². The standard InChI is InChI=1S/C22H21N3O4S.C2H6/c1-28-18-12-16(13-19(14-18)29-2)8-9-17-15-23-22-21(24-17)10-11-25(22)30(26,27)20-6-4-3-5-7-20;1-2/h3-7,10-15H,8-9H2,1-2H3;1-2H3. The fourth-order valence-electron chi connectivity index (χ4n) is 3.23. The van der Waals surface area contributed by atoms with Crippen LogP contribution >= 0.6 is 0 Å². The van der Waals surface area contributed by atoms with E-state index in [-0.39, 0.29) is 4.90 Å². The molecule has 0 aliphatic carbocycles. The van der Waals surface area contributed by atoms with Gasteiger partial charge in [0, 0.05) is 12.3 Å². The molecule has 2 aromatic carbocycles. The van der Waals surface area contributed by atoms with Gasteiger partial charge in [-0.15, -0.1) is 0 Å². The second-order valence-corrected chi connectivity index (χ2v) is 8.54. The lowest BCUT2D eigenvalue weighted by Crippen LogP contribution is -2.12. The van der Waals surface area contributed by atoms with Crippen LogP contribution in [0.3, 0.4) is 0 Å². The van der Waals surface area contributed by atoms with E-state index in [9.17, 15) is 8.42 Å². The second kappa shape index (κ2) is 10.3. The maximum absolute atomic E-state index is 12.9. The monoisotopic (exact) mass is 453 g/mol. The third-order valence-corrected chi connectivity index (χ3v) is 6.47. The Hall–Kier alpha value is -3.39. The first kappa shape index (κ1) is 23.3. The number of fused-ring (bicyclic) bond motifs is 1. The van der Waals surface area contributed by atoms with Crippen molar-refractivity contribution >= 4 is 21.2 Å². The molecular weight excluding hydrogens is 426 g/mol. The average molecular weight is 454 g/mol. The third kappa shape index (κ3) is 4.91.